The molecule has 1 aliphatic heterocycles. The number of carbonyl (C=O) groups excluding carboxylic acids is 1. The molecule has 31 heavy (non-hydrogen) atoms. The lowest BCUT2D eigenvalue weighted by atomic mass is 10.1. The van der Waals surface area contributed by atoms with Crippen LogP contribution in [0.2, 0.25) is 0 Å². The smallest absolute Gasteiger partial charge is 0.328 e. The molecule has 7 heteroatoms. The minimum absolute atomic E-state index is 0.0959. The Labute approximate surface area is 181 Å². The molecule has 4 rings (SSSR count). The van der Waals surface area contributed by atoms with Gasteiger partial charge in [0, 0.05) is 32.7 Å². The van der Waals surface area contributed by atoms with E-state index < -0.39 is 0 Å². The van der Waals surface area contributed by atoms with Gasteiger partial charge in [-0.2, -0.15) is 0 Å². The first-order valence-electron chi connectivity index (χ1n) is 10.4. The molecule has 1 fully saturated rings. The zero-order valence-electron chi connectivity index (χ0n) is 17.9. The summed E-state index contributed by atoms with van der Waals surface area (Å²) in [4.78, 5) is 27.8. The molecule has 0 radical (unpaired) electrons. The second-order valence-corrected chi connectivity index (χ2v) is 7.78. The minimum Gasteiger partial charge on any atom is -0.481 e. The Bertz CT molecular complexity index is 1230. The average Bonchev–Trinajstić information content (AvgIpc) is 3.01. The number of aromatic nitrogens is 2. The average molecular weight is 418 g/mol. The fraction of sp³-hybridized carbons (Fsp3) is 0.333. The molecule has 1 saturated heterocycles. The number of amides is 1. The van der Waals surface area contributed by atoms with Crippen molar-refractivity contribution < 1.29 is 9.53 Å². The molecule has 1 aliphatic rings. The molecular formula is C24H26N4O3. The fourth-order valence-corrected chi connectivity index (χ4v) is 4.08. The van der Waals surface area contributed by atoms with E-state index in [4.69, 9.17) is 11.2 Å². The monoisotopic (exact) mass is 418 g/mol. The number of imidazole rings is 1. The summed E-state index contributed by atoms with van der Waals surface area (Å²) in [6, 6.07) is 10.8. The molecule has 0 spiro atoms. The number of anilines is 2. The van der Waals surface area contributed by atoms with Crippen molar-refractivity contribution in [2.45, 2.75) is 19.3 Å². The highest BCUT2D eigenvalue weighted by Crippen LogP contribution is 2.33. The Morgan fingerprint density at radius 2 is 1.81 bits per heavy atom. The highest BCUT2D eigenvalue weighted by molar-refractivity contribution is 6.07. The maximum absolute atomic E-state index is 13.1. The van der Waals surface area contributed by atoms with Crippen molar-refractivity contribution in [3.63, 3.8) is 0 Å². The van der Waals surface area contributed by atoms with Gasteiger partial charge in [0.05, 0.1) is 22.4 Å². The molecule has 1 amide bonds. The number of piperidine rings is 1. The van der Waals surface area contributed by atoms with Crippen LogP contribution in [-0.2, 0) is 14.1 Å². The van der Waals surface area contributed by atoms with E-state index in [1.807, 2.05) is 12.1 Å². The van der Waals surface area contributed by atoms with Crippen LogP contribution in [0.25, 0.3) is 11.0 Å². The van der Waals surface area contributed by atoms with Crippen LogP contribution in [0.3, 0.4) is 0 Å². The molecule has 0 aliphatic carbocycles. The van der Waals surface area contributed by atoms with Crippen LogP contribution in [0.15, 0.2) is 41.2 Å². The summed E-state index contributed by atoms with van der Waals surface area (Å²) in [6.07, 6.45) is 8.66. The first-order valence-corrected chi connectivity index (χ1v) is 10.4. The number of benzene rings is 2. The first-order chi connectivity index (χ1) is 15.0. The predicted octanol–water partition coefficient (Wildman–Crippen LogP) is 3.13. The topological polar surface area (TPSA) is 68.5 Å². The van der Waals surface area contributed by atoms with Crippen LogP contribution in [0.4, 0.5) is 11.4 Å². The van der Waals surface area contributed by atoms with E-state index in [9.17, 15) is 9.59 Å². The zero-order chi connectivity index (χ0) is 22.0. The van der Waals surface area contributed by atoms with Gasteiger partial charge < -0.3 is 15.0 Å². The van der Waals surface area contributed by atoms with E-state index in [1.54, 1.807) is 47.5 Å². The summed E-state index contributed by atoms with van der Waals surface area (Å²) in [7, 11) is 3.51. The molecule has 0 atom stereocenters. The number of hydrogen-bond acceptors (Lipinski definition) is 4. The van der Waals surface area contributed by atoms with Gasteiger partial charge in [0.2, 0.25) is 0 Å². The van der Waals surface area contributed by atoms with Gasteiger partial charge in [0.25, 0.3) is 5.91 Å². The van der Waals surface area contributed by atoms with Gasteiger partial charge in [-0.05, 0) is 49.6 Å². The zero-order valence-corrected chi connectivity index (χ0v) is 17.9. The molecule has 7 nitrogen and oxygen atoms in total. The lowest BCUT2D eigenvalue weighted by Crippen LogP contribution is -2.30. The third-order valence-electron chi connectivity index (χ3n) is 5.75. The summed E-state index contributed by atoms with van der Waals surface area (Å²) in [5.41, 5.74) is 3.62. The number of ether oxygens (including phenoxy) is 1. The van der Waals surface area contributed by atoms with Crippen molar-refractivity contribution in [2.75, 3.05) is 29.9 Å². The van der Waals surface area contributed by atoms with E-state index in [0.717, 1.165) is 42.7 Å². The third-order valence-corrected chi connectivity index (χ3v) is 5.75. The number of carbonyl (C=O) groups is 1. The summed E-state index contributed by atoms with van der Waals surface area (Å²) >= 11 is 0. The van der Waals surface area contributed by atoms with Crippen LogP contribution < -0.4 is 20.6 Å². The molecule has 0 unspecified atom stereocenters. The van der Waals surface area contributed by atoms with Crippen molar-refractivity contribution in [1.82, 2.24) is 9.13 Å². The number of fused-ring (bicyclic) bond motifs is 1. The van der Waals surface area contributed by atoms with E-state index in [0.29, 0.717) is 17.0 Å². The summed E-state index contributed by atoms with van der Waals surface area (Å²) in [5.74, 6) is 2.72. The van der Waals surface area contributed by atoms with Gasteiger partial charge >= 0.3 is 5.69 Å². The van der Waals surface area contributed by atoms with E-state index >= 15 is 0 Å². The Balaban J connectivity index is 1.73. The molecular weight excluding hydrogens is 392 g/mol. The number of rotatable bonds is 5. The Morgan fingerprint density at radius 3 is 2.52 bits per heavy atom. The maximum atomic E-state index is 13.1. The summed E-state index contributed by atoms with van der Waals surface area (Å²) in [5, 5.41) is 3.05. The highest BCUT2D eigenvalue weighted by Gasteiger charge is 2.20. The molecule has 0 bridgehead atoms. The molecule has 1 aromatic heterocycles. The van der Waals surface area contributed by atoms with E-state index in [-0.39, 0.29) is 18.2 Å². The van der Waals surface area contributed by atoms with Crippen molar-refractivity contribution >= 4 is 28.3 Å². The second kappa shape index (κ2) is 8.60. The largest absolute Gasteiger partial charge is 0.481 e. The van der Waals surface area contributed by atoms with Crippen LogP contribution in [-0.4, -0.2) is 34.7 Å². The Morgan fingerprint density at radius 1 is 1.10 bits per heavy atom. The fourth-order valence-electron chi connectivity index (χ4n) is 4.08. The van der Waals surface area contributed by atoms with Crippen LogP contribution in [0.5, 0.6) is 5.75 Å². The standard InChI is InChI=1S/C24H26N4O3/c1-4-13-31-18-10-8-9-17(14-18)23(29)25-19-15-21-22(27(3)24(30)26(21)2)16-20(19)28-11-6-5-7-12-28/h1,8-10,14-16H,5-7,11-13H2,2-3H3,(H,25,29). The maximum Gasteiger partial charge on any atom is 0.328 e. The minimum atomic E-state index is -0.246. The molecule has 0 saturated carbocycles. The van der Waals surface area contributed by atoms with E-state index in [1.165, 1.54) is 6.42 Å². The van der Waals surface area contributed by atoms with Gasteiger partial charge in [-0.25, -0.2) is 4.79 Å². The van der Waals surface area contributed by atoms with Crippen molar-refractivity contribution in [3.8, 4) is 18.1 Å². The van der Waals surface area contributed by atoms with Gasteiger partial charge in [-0.3, -0.25) is 13.9 Å². The van der Waals surface area contributed by atoms with Crippen LogP contribution in [0.1, 0.15) is 29.6 Å². The number of aryl methyl sites for hydroxylation is 2. The molecule has 2 heterocycles. The van der Waals surface area contributed by atoms with Crippen LogP contribution in [0, 0.1) is 12.3 Å². The lowest BCUT2D eigenvalue weighted by Gasteiger charge is -2.30. The molecule has 1 N–H and O–H groups in total. The normalized spacial score (nSPS) is 13.8. The van der Waals surface area contributed by atoms with Crippen molar-refractivity contribution in [2.24, 2.45) is 14.1 Å². The third kappa shape index (κ3) is 4.02. The Hall–Kier alpha value is -3.66. The van der Waals surface area contributed by atoms with Gasteiger partial charge in [0.1, 0.15) is 12.4 Å². The number of hydrogen-bond donors (Lipinski definition) is 1. The predicted molar refractivity (Wildman–Crippen MR) is 123 cm³/mol. The van der Waals surface area contributed by atoms with E-state index in [2.05, 4.69) is 16.1 Å². The summed E-state index contributed by atoms with van der Waals surface area (Å²) in [6.45, 7) is 1.98. The molecule has 160 valence electrons. The molecule has 3 aromatic rings. The quantitative estimate of drug-likeness (QED) is 0.647. The number of nitrogens with one attached hydrogen (secondary N) is 1. The first kappa shape index (κ1) is 20.6. The summed E-state index contributed by atoms with van der Waals surface area (Å²) < 4.78 is 8.68. The number of terminal acetylenes is 1. The second-order valence-electron chi connectivity index (χ2n) is 7.78. The van der Waals surface area contributed by atoms with Gasteiger partial charge in [-0.1, -0.05) is 12.0 Å². The van der Waals surface area contributed by atoms with Crippen molar-refractivity contribution in [1.29, 1.82) is 0 Å². The SMILES string of the molecule is C#CCOc1cccc(C(=O)Nc2cc3c(cc2N2CCCCC2)n(C)c(=O)n3C)c1. The Kier molecular flexibility index (Phi) is 5.72. The lowest BCUT2D eigenvalue weighted by molar-refractivity contribution is 0.102. The van der Waals surface area contributed by atoms with Crippen molar-refractivity contribution in [3.05, 3.63) is 52.4 Å². The highest BCUT2D eigenvalue weighted by atomic mass is 16.5. The van der Waals surface area contributed by atoms with Crippen LogP contribution >= 0.6 is 0 Å². The molecule has 2 aromatic carbocycles. The van der Waals surface area contributed by atoms with Gasteiger partial charge in [-0.15, -0.1) is 6.42 Å². The number of nitrogens with zero attached hydrogens (tertiary/aromatic N) is 3. The van der Waals surface area contributed by atoms with Gasteiger partial charge in [0.15, 0.2) is 0 Å².